The minimum atomic E-state index is -3.31. The van der Waals surface area contributed by atoms with Gasteiger partial charge in [-0.15, -0.1) is 0 Å². The SMILES string of the molecule is CS(=O)(=O)c1cnccc1C(N)=S. The molecule has 0 unspecified atom stereocenters. The van der Waals surface area contributed by atoms with Gasteiger partial charge in [-0.3, -0.25) is 4.98 Å². The number of hydrogen-bond acceptors (Lipinski definition) is 4. The topological polar surface area (TPSA) is 73.0 Å². The minimum Gasteiger partial charge on any atom is -0.389 e. The molecule has 2 N–H and O–H groups in total. The van der Waals surface area contributed by atoms with Gasteiger partial charge in [0.05, 0.1) is 4.90 Å². The van der Waals surface area contributed by atoms with Gasteiger partial charge >= 0.3 is 0 Å². The predicted molar refractivity (Wildman–Crippen MR) is 53.2 cm³/mol. The molecule has 1 aromatic rings. The van der Waals surface area contributed by atoms with Crippen molar-refractivity contribution in [2.75, 3.05) is 6.26 Å². The molecule has 0 aliphatic carbocycles. The Bertz CT molecular complexity index is 440. The Balaban J connectivity index is 3.46. The Morgan fingerprint density at radius 1 is 1.62 bits per heavy atom. The van der Waals surface area contributed by atoms with Crippen LogP contribution in [-0.4, -0.2) is 24.6 Å². The fourth-order valence-corrected chi connectivity index (χ4v) is 1.95. The molecular weight excluding hydrogens is 208 g/mol. The molecule has 70 valence electrons. The average molecular weight is 216 g/mol. The molecule has 1 heterocycles. The van der Waals surface area contributed by atoms with Crippen LogP contribution in [0.2, 0.25) is 0 Å². The first-order chi connectivity index (χ1) is 5.93. The molecule has 0 aromatic carbocycles. The van der Waals surface area contributed by atoms with Gasteiger partial charge in [0.1, 0.15) is 4.99 Å². The van der Waals surface area contributed by atoms with Crippen molar-refractivity contribution >= 4 is 27.0 Å². The highest BCUT2D eigenvalue weighted by Crippen LogP contribution is 2.12. The molecule has 0 atom stereocenters. The van der Waals surface area contributed by atoms with Gasteiger partial charge in [0, 0.05) is 24.2 Å². The summed E-state index contributed by atoms with van der Waals surface area (Å²) in [5.41, 5.74) is 5.69. The van der Waals surface area contributed by atoms with Crippen LogP contribution in [0, 0.1) is 0 Å². The second-order valence-corrected chi connectivity index (χ2v) is 4.93. The van der Waals surface area contributed by atoms with E-state index in [1.54, 1.807) is 0 Å². The molecule has 4 nitrogen and oxygen atoms in total. The molecule has 0 spiro atoms. The second-order valence-electron chi connectivity index (χ2n) is 2.51. The van der Waals surface area contributed by atoms with Crippen LogP contribution in [0.4, 0.5) is 0 Å². The summed E-state index contributed by atoms with van der Waals surface area (Å²) in [7, 11) is -3.31. The van der Waals surface area contributed by atoms with Crippen LogP contribution in [0.25, 0.3) is 0 Å². The fourth-order valence-electron chi connectivity index (χ4n) is 0.879. The van der Waals surface area contributed by atoms with Gasteiger partial charge in [-0.2, -0.15) is 0 Å². The molecule has 0 aliphatic rings. The quantitative estimate of drug-likeness (QED) is 0.711. The predicted octanol–water partition coefficient (Wildman–Crippen LogP) is 0.119. The smallest absolute Gasteiger partial charge is 0.177 e. The Morgan fingerprint density at radius 2 is 2.23 bits per heavy atom. The molecule has 13 heavy (non-hydrogen) atoms. The lowest BCUT2D eigenvalue weighted by Gasteiger charge is -2.03. The number of rotatable bonds is 2. The zero-order valence-corrected chi connectivity index (χ0v) is 8.52. The third-order valence-electron chi connectivity index (χ3n) is 1.45. The first-order valence-electron chi connectivity index (χ1n) is 3.37. The van der Waals surface area contributed by atoms with Crippen molar-refractivity contribution in [2.45, 2.75) is 4.90 Å². The van der Waals surface area contributed by atoms with Crippen LogP contribution in [0.3, 0.4) is 0 Å². The van der Waals surface area contributed by atoms with Crippen LogP contribution < -0.4 is 5.73 Å². The van der Waals surface area contributed by atoms with Crippen molar-refractivity contribution < 1.29 is 8.42 Å². The Morgan fingerprint density at radius 3 is 2.62 bits per heavy atom. The van der Waals surface area contributed by atoms with Crippen LogP contribution in [0.5, 0.6) is 0 Å². The minimum absolute atomic E-state index is 0.0582. The van der Waals surface area contributed by atoms with Crippen LogP contribution in [0.1, 0.15) is 5.56 Å². The summed E-state index contributed by atoms with van der Waals surface area (Å²) in [4.78, 5) is 3.83. The van der Waals surface area contributed by atoms with E-state index in [1.807, 2.05) is 0 Å². The van der Waals surface area contributed by atoms with Gasteiger partial charge in [-0.1, -0.05) is 12.2 Å². The zero-order chi connectivity index (χ0) is 10.1. The number of nitrogens with two attached hydrogens (primary N) is 1. The lowest BCUT2D eigenvalue weighted by atomic mass is 10.3. The second kappa shape index (κ2) is 3.39. The standard InChI is InChI=1S/C7H8N2O2S2/c1-13(10,11)6-4-9-3-2-5(6)7(8)12/h2-4H,1H3,(H2,8,12). The molecule has 0 saturated heterocycles. The van der Waals surface area contributed by atoms with Gasteiger partial charge in [-0.05, 0) is 6.07 Å². The van der Waals surface area contributed by atoms with Crippen molar-refractivity contribution in [1.29, 1.82) is 0 Å². The third-order valence-corrected chi connectivity index (χ3v) is 2.79. The van der Waals surface area contributed by atoms with E-state index >= 15 is 0 Å². The summed E-state index contributed by atoms with van der Waals surface area (Å²) in [6, 6.07) is 1.48. The third kappa shape index (κ3) is 2.22. The van der Waals surface area contributed by atoms with Gasteiger partial charge < -0.3 is 5.73 Å². The van der Waals surface area contributed by atoms with Crippen molar-refractivity contribution in [3.8, 4) is 0 Å². The van der Waals surface area contributed by atoms with E-state index in [2.05, 4.69) is 4.98 Å². The van der Waals surface area contributed by atoms with Crippen LogP contribution in [0.15, 0.2) is 23.4 Å². The molecule has 0 amide bonds. The normalized spacial score (nSPS) is 11.2. The molecule has 0 aliphatic heterocycles. The summed E-state index contributed by atoms with van der Waals surface area (Å²) < 4.78 is 22.4. The molecule has 0 saturated carbocycles. The molecular formula is C7H8N2O2S2. The number of aromatic nitrogens is 1. The summed E-state index contributed by atoms with van der Waals surface area (Å²) in [5, 5.41) is 0. The molecule has 6 heteroatoms. The Hall–Kier alpha value is -1.01. The van der Waals surface area contributed by atoms with E-state index in [-0.39, 0.29) is 9.88 Å². The number of sulfone groups is 1. The first kappa shape index (κ1) is 10.1. The monoisotopic (exact) mass is 216 g/mol. The van der Waals surface area contributed by atoms with E-state index < -0.39 is 9.84 Å². The maximum absolute atomic E-state index is 11.2. The van der Waals surface area contributed by atoms with Crippen LogP contribution in [-0.2, 0) is 9.84 Å². The number of pyridine rings is 1. The summed E-state index contributed by atoms with van der Waals surface area (Å²) in [6.07, 6.45) is 3.78. The van der Waals surface area contributed by atoms with Crippen molar-refractivity contribution in [3.05, 3.63) is 24.0 Å². The van der Waals surface area contributed by atoms with Gasteiger partial charge in [0.15, 0.2) is 9.84 Å². The summed E-state index contributed by atoms with van der Waals surface area (Å²) in [5.74, 6) is 0. The van der Waals surface area contributed by atoms with E-state index in [9.17, 15) is 8.42 Å². The number of nitrogens with zero attached hydrogens (tertiary/aromatic N) is 1. The van der Waals surface area contributed by atoms with Gasteiger partial charge in [0.25, 0.3) is 0 Å². The highest BCUT2D eigenvalue weighted by Gasteiger charge is 2.14. The maximum Gasteiger partial charge on any atom is 0.177 e. The highest BCUT2D eigenvalue weighted by atomic mass is 32.2. The molecule has 1 rings (SSSR count). The largest absolute Gasteiger partial charge is 0.389 e. The Labute approximate surface area is 81.7 Å². The fraction of sp³-hybridized carbons (Fsp3) is 0.143. The number of hydrogen-bond donors (Lipinski definition) is 1. The Kier molecular flexibility index (Phi) is 2.63. The van der Waals surface area contributed by atoms with E-state index in [4.69, 9.17) is 18.0 Å². The molecule has 1 aromatic heterocycles. The number of thiocarbonyl (C=S) groups is 1. The van der Waals surface area contributed by atoms with Crippen molar-refractivity contribution in [1.82, 2.24) is 4.98 Å². The van der Waals surface area contributed by atoms with E-state index in [0.29, 0.717) is 5.56 Å². The molecule has 0 fully saturated rings. The highest BCUT2D eigenvalue weighted by molar-refractivity contribution is 7.91. The van der Waals surface area contributed by atoms with Crippen LogP contribution >= 0.6 is 12.2 Å². The zero-order valence-electron chi connectivity index (χ0n) is 6.89. The lowest BCUT2D eigenvalue weighted by molar-refractivity contribution is 0.601. The maximum atomic E-state index is 11.2. The first-order valence-corrected chi connectivity index (χ1v) is 5.67. The van der Waals surface area contributed by atoms with E-state index in [0.717, 1.165) is 6.26 Å². The van der Waals surface area contributed by atoms with Gasteiger partial charge in [-0.25, -0.2) is 8.42 Å². The van der Waals surface area contributed by atoms with Crippen molar-refractivity contribution in [3.63, 3.8) is 0 Å². The lowest BCUT2D eigenvalue weighted by Crippen LogP contribution is -2.14. The van der Waals surface area contributed by atoms with Gasteiger partial charge in [0.2, 0.25) is 0 Å². The molecule has 0 bridgehead atoms. The van der Waals surface area contributed by atoms with Crippen molar-refractivity contribution in [2.24, 2.45) is 5.73 Å². The average Bonchev–Trinajstić information content (AvgIpc) is 2.03. The summed E-state index contributed by atoms with van der Waals surface area (Å²) in [6.45, 7) is 0. The van der Waals surface area contributed by atoms with E-state index in [1.165, 1.54) is 18.5 Å². The summed E-state index contributed by atoms with van der Waals surface area (Å²) >= 11 is 4.70. The molecule has 0 radical (unpaired) electrons.